The van der Waals surface area contributed by atoms with Crippen molar-refractivity contribution in [3.05, 3.63) is 87.6 Å². The predicted molar refractivity (Wildman–Crippen MR) is 112 cm³/mol. The topological polar surface area (TPSA) is 77.2 Å². The Bertz CT molecular complexity index is 1440. The van der Waals surface area contributed by atoms with E-state index in [4.69, 9.17) is 5.26 Å². The fraction of sp³-hybridized carbons (Fsp3) is 0.174. The van der Waals surface area contributed by atoms with E-state index in [1.807, 2.05) is 6.07 Å². The van der Waals surface area contributed by atoms with Crippen LogP contribution in [0.5, 0.6) is 0 Å². The average Bonchev–Trinajstić information content (AvgIpc) is 3.18. The van der Waals surface area contributed by atoms with Crippen LogP contribution < -0.4 is 5.56 Å². The van der Waals surface area contributed by atoms with E-state index in [-0.39, 0.29) is 5.52 Å². The van der Waals surface area contributed by atoms with Crippen LogP contribution in [0.25, 0.3) is 22.1 Å². The Hall–Kier alpha value is -3.83. The number of hydrogen-bond acceptors (Lipinski definition) is 4. The van der Waals surface area contributed by atoms with Gasteiger partial charge in [-0.1, -0.05) is 6.08 Å². The first-order chi connectivity index (χ1) is 15.0. The van der Waals surface area contributed by atoms with Crippen molar-refractivity contribution >= 4 is 22.1 Å². The van der Waals surface area contributed by atoms with Gasteiger partial charge >= 0.3 is 0 Å². The molecule has 1 aliphatic heterocycles. The summed E-state index contributed by atoms with van der Waals surface area (Å²) in [6.07, 6.45) is 5.56. The number of hydrogen-bond donors (Lipinski definition) is 1. The molecule has 154 valence electrons. The monoisotopic (exact) mass is 417 g/mol. The third-order valence-corrected chi connectivity index (χ3v) is 5.60. The maximum Gasteiger partial charge on any atom is 0.272 e. The van der Waals surface area contributed by atoms with E-state index in [2.05, 4.69) is 27.0 Å². The molecule has 4 aromatic rings. The summed E-state index contributed by atoms with van der Waals surface area (Å²) >= 11 is 0. The molecule has 0 saturated carbocycles. The van der Waals surface area contributed by atoms with Crippen molar-refractivity contribution in [2.24, 2.45) is 0 Å². The molecule has 1 N–H and O–H groups in total. The molecule has 0 bridgehead atoms. The second-order valence-corrected chi connectivity index (χ2v) is 7.59. The van der Waals surface area contributed by atoms with Gasteiger partial charge in [0.15, 0.2) is 0 Å². The van der Waals surface area contributed by atoms with Crippen LogP contribution in [0.1, 0.15) is 23.2 Å². The smallest absolute Gasteiger partial charge is 0.272 e. The zero-order valence-electron chi connectivity index (χ0n) is 16.4. The van der Waals surface area contributed by atoms with Crippen molar-refractivity contribution in [3.63, 3.8) is 0 Å². The number of pyridine rings is 1. The molecule has 1 aliphatic rings. The predicted octanol–water partition coefficient (Wildman–Crippen LogP) is 3.61. The van der Waals surface area contributed by atoms with Crippen LogP contribution in [0.2, 0.25) is 0 Å². The summed E-state index contributed by atoms with van der Waals surface area (Å²) in [5, 5.41) is 8.89. The third-order valence-electron chi connectivity index (χ3n) is 5.60. The van der Waals surface area contributed by atoms with Gasteiger partial charge in [-0.3, -0.25) is 14.7 Å². The van der Waals surface area contributed by atoms with Gasteiger partial charge in [0.25, 0.3) is 5.56 Å². The van der Waals surface area contributed by atoms with E-state index >= 15 is 0 Å². The molecule has 6 nitrogen and oxygen atoms in total. The molecule has 0 fully saturated rings. The summed E-state index contributed by atoms with van der Waals surface area (Å²) in [5.74, 6) is -0.950. The number of aromatic amines is 1. The van der Waals surface area contributed by atoms with E-state index in [1.165, 1.54) is 16.7 Å². The number of H-pyrrole nitrogens is 1. The van der Waals surface area contributed by atoms with Gasteiger partial charge in [0.05, 0.1) is 22.3 Å². The number of rotatable bonds is 3. The lowest BCUT2D eigenvalue weighted by Crippen LogP contribution is -2.28. The first kappa shape index (κ1) is 19.2. The lowest BCUT2D eigenvalue weighted by Gasteiger charge is -2.26. The molecule has 0 aliphatic carbocycles. The molecular weight excluding hydrogens is 400 g/mol. The Morgan fingerprint density at radius 1 is 1.19 bits per heavy atom. The van der Waals surface area contributed by atoms with E-state index in [0.29, 0.717) is 35.2 Å². The fourth-order valence-electron chi connectivity index (χ4n) is 4.00. The largest absolute Gasteiger partial charge is 0.319 e. The quantitative estimate of drug-likeness (QED) is 0.552. The molecule has 4 heterocycles. The first-order valence-electron chi connectivity index (χ1n) is 9.82. The van der Waals surface area contributed by atoms with Gasteiger partial charge in [0.2, 0.25) is 0 Å². The van der Waals surface area contributed by atoms with Gasteiger partial charge < -0.3 is 9.38 Å². The lowest BCUT2D eigenvalue weighted by molar-refractivity contribution is 0.289. The standard InChI is InChI=1S/C23H17F2N5O/c24-17-8-22-23(31)28-20-7-16(18(25)9-21(20)30(22)13-17)12-29-5-3-15(4-6-29)19-2-1-14(10-26)11-27-19/h1-3,7-9,11,13H,4-6,12H2,(H,28,31). The molecular formula is C23H17F2N5O. The Kier molecular flexibility index (Phi) is 4.60. The molecule has 0 saturated heterocycles. The van der Waals surface area contributed by atoms with Crippen molar-refractivity contribution in [1.29, 1.82) is 5.26 Å². The van der Waals surface area contributed by atoms with Gasteiger partial charge in [-0.15, -0.1) is 0 Å². The number of benzene rings is 1. The highest BCUT2D eigenvalue weighted by molar-refractivity contribution is 5.79. The normalized spacial score (nSPS) is 14.7. The molecule has 0 radical (unpaired) electrons. The van der Waals surface area contributed by atoms with Crippen LogP contribution in [0.3, 0.4) is 0 Å². The Balaban J connectivity index is 1.40. The summed E-state index contributed by atoms with van der Waals surface area (Å²) < 4.78 is 29.8. The average molecular weight is 417 g/mol. The summed E-state index contributed by atoms with van der Waals surface area (Å²) in [6.45, 7) is 1.74. The molecule has 3 aromatic heterocycles. The molecule has 1 aromatic carbocycles. The fourth-order valence-corrected chi connectivity index (χ4v) is 4.00. The molecule has 8 heteroatoms. The first-order valence-corrected chi connectivity index (χ1v) is 9.82. The molecule has 31 heavy (non-hydrogen) atoms. The molecule has 0 spiro atoms. The highest BCUT2D eigenvalue weighted by Crippen LogP contribution is 2.24. The van der Waals surface area contributed by atoms with E-state index in [1.54, 1.807) is 18.3 Å². The summed E-state index contributed by atoms with van der Waals surface area (Å²) in [6, 6.07) is 9.72. The van der Waals surface area contributed by atoms with Gasteiger partial charge in [0.1, 0.15) is 23.2 Å². The van der Waals surface area contributed by atoms with Crippen LogP contribution >= 0.6 is 0 Å². The third kappa shape index (κ3) is 3.49. The summed E-state index contributed by atoms with van der Waals surface area (Å²) in [7, 11) is 0. The molecule has 0 unspecified atom stereocenters. The van der Waals surface area contributed by atoms with Crippen LogP contribution in [-0.4, -0.2) is 32.4 Å². The Morgan fingerprint density at radius 3 is 2.77 bits per heavy atom. The second-order valence-electron chi connectivity index (χ2n) is 7.59. The van der Waals surface area contributed by atoms with E-state index in [9.17, 15) is 13.6 Å². The zero-order chi connectivity index (χ0) is 21.5. The minimum Gasteiger partial charge on any atom is -0.319 e. The Labute approximate surface area is 175 Å². The van der Waals surface area contributed by atoms with Crippen molar-refractivity contribution in [2.45, 2.75) is 13.0 Å². The number of fused-ring (bicyclic) bond motifs is 3. The van der Waals surface area contributed by atoms with Crippen LogP contribution in [0, 0.1) is 23.0 Å². The number of nitrogens with zero attached hydrogens (tertiary/aromatic N) is 4. The molecule has 0 amide bonds. The SMILES string of the molecule is N#Cc1ccc(C2=CCN(Cc3cc4[nH]c(=O)c5cc(F)cn5c4cc3F)CC2)nc1. The van der Waals surface area contributed by atoms with Gasteiger partial charge in [-0.05, 0) is 30.2 Å². The van der Waals surface area contributed by atoms with Gasteiger partial charge in [-0.2, -0.15) is 5.26 Å². The lowest BCUT2D eigenvalue weighted by atomic mass is 10.0. The number of nitriles is 1. The molecule has 0 atom stereocenters. The Morgan fingerprint density at radius 2 is 2.06 bits per heavy atom. The second kappa shape index (κ2) is 7.45. The minimum absolute atomic E-state index is 0.141. The maximum atomic E-state index is 14.8. The van der Waals surface area contributed by atoms with Gasteiger partial charge in [0, 0.05) is 49.7 Å². The van der Waals surface area contributed by atoms with Crippen molar-refractivity contribution in [3.8, 4) is 6.07 Å². The van der Waals surface area contributed by atoms with E-state index < -0.39 is 17.2 Å². The van der Waals surface area contributed by atoms with Crippen LogP contribution in [-0.2, 0) is 6.54 Å². The highest BCUT2D eigenvalue weighted by Gasteiger charge is 2.17. The van der Waals surface area contributed by atoms with Crippen molar-refractivity contribution < 1.29 is 8.78 Å². The van der Waals surface area contributed by atoms with Crippen LogP contribution in [0.4, 0.5) is 8.78 Å². The zero-order valence-corrected chi connectivity index (χ0v) is 16.4. The van der Waals surface area contributed by atoms with E-state index in [0.717, 1.165) is 30.3 Å². The van der Waals surface area contributed by atoms with Gasteiger partial charge in [-0.25, -0.2) is 8.78 Å². The highest BCUT2D eigenvalue weighted by atomic mass is 19.1. The number of nitrogens with one attached hydrogen (secondary N) is 1. The number of aromatic nitrogens is 3. The maximum absolute atomic E-state index is 14.8. The summed E-state index contributed by atoms with van der Waals surface area (Å²) in [4.78, 5) is 21.4. The summed E-state index contributed by atoms with van der Waals surface area (Å²) in [5.41, 5.74) is 3.51. The number of halogens is 2. The minimum atomic E-state index is -0.546. The molecule has 5 rings (SSSR count). The van der Waals surface area contributed by atoms with Crippen LogP contribution in [0.15, 0.2) is 53.6 Å². The van der Waals surface area contributed by atoms with Crippen molar-refractivity contribution in [2.75, 3.05) is 13.1 Å². The van der Waals surface area contributed by atoms with Crippen molar-refractivity contribution in [1.82, 2.24) is 19.3 Å².